The number of aliphatic imine (C=N–C) groups is 1. The largest absolute Gasteiger partial charge is 0.506 e. The van der Waals surface area contributed by atoms with Crippen molar-refractivity contribution in [2.24, 2.45) is 4.99 Å². The molecule has 20 heavy (non-hydrogen) atoms. The van der Waals surface area contributed by atoms with Crippen LogP contribution < -0.4 is 0 Å². The molecule has 0 bridgehead atoms. The summed E-state index contributed by atoms with van der Waals surface area (Å²) >= 11 is 1.49. The molecule has 4 heteroatoms. The number of phenols is 1. The van der Waals surface area contributed by atoms with Crippen molar-refractivity contribution in [2.75, 3.05) is 0 Å². The third kappa shape index (κ3) is 2.14. The molecule has 1 heterocycles. The highest BCUT2D eigenvalue weighted by Gasteiger charge is 2.13. The van der Waals surface area contributed by atoms with Crippen LogP contribution in [0.4, 0.5) is 5.69 Å². The van der Waals surface area contributed by atoms with Crippen LogP contribution in [0.1, 0.15) is 11.8 Å². The molecule has 3 aromatic rings. The molecule has 0 saturated carbocycles. The van der Waals surface area contributed by atoms with E-state index in [0.717, 1.165) is 15.0 Å². The van der Waals surface area contributed by atoms with Crippen LogP contribution in [-0.2, 0) is 0 Å². The van der Waals surface area contributed by atoms with Crippen molar-refractivity contribution in [3.05, 3.63) is 53.4 Å². The number of benzene rings is 2. The van der Waals surface area contributed by atoms with Crippen molar-refractivity contribution in [3.63, 3.8) is 0 Å². The van der Waals surface area contributed by atoms with E-state index in [1.807, 2.05) is 37.3 Å². The minimum atomic E-state index is 0.132. The number of hydrogen-bond acceptors (Lipinski definition) is 4. The van der Waals surface area contributed by atoms with E-state index in [-0.39, 0.29) is 11.5 Å². The molecule has 1 aromatic heterocycles. The molecule has 0 fully saturated rings. The molecule has 3 nitrogen and oxygen atoms in total. The molecule has 0 spiro atoms. The van der Waals surface area contributed by atoms with Gasteiger partial charge in [-0.15, -0.1) is 11.3 Å². The predicted molar refractivity (Wildman–Crippen MR) is 83.5 cm³/mol. The van der Waals surface area contributed by atoms with Crippen molar-refractivity contribution in [1.82, 2.24) is 0 Å². The number of rotatable bonds is 2. The molecule has 2 N–H and O–H groups in total. The van der Waals surface area contributed by atoms with Crippen LogP contribution in [-0.4, -0.2) is 15.9 Å². The van der Waals surface area contributed by atoms with Crippen molar-refractivity contribution < 1.29 is 10.2 Å². The molecule has 0 amide bonds. The van der Waals surface area contributed by atoms with Gasteiger partial charge in [-0.05, 0) is 31.2 Å². The Morgan fingerprint density at radius 3 is 2.45 bits per heavy atom. The Kier molecular flexibility index (Phi) is 3.16. The number of para-hydroxylation sites is 2. The summed E-state index contributed by atoms with van der Waals surface area (Å²) in [4.78, 5) is 5.13. The van der Waals surface area contributed by atoms with Gasteiger partial charge in [-0.3, -0.25) is 0 Å². The maximum Gasteiger partial charge on any atom is 0.143 e. The maximum absolute atomic E-state index is 10.3. The van der Waals surface area contributed by atoms with E-state index in [1.165, 1.54) is 11.3 Å². The van der Waals surface area contributed by atoms with Gasteiger partial charge in [0, 0.05) is 10.1 Å². The Labute approximate surface area is 120 Å². The minimum absolute atomic E-state index is 0.132. The topological polar surface area (TPSA) is 52.8 Å². The summed E-state index contributed by atoms with van der Waals surface area (Å²) < 4.78 is 1.02. The first-order valence-corrected chi connectivity index (χ1v) is 7.02. The average molecular weight is 283 g/mol. The van der Waals surface area contributed by atoms with Crippen molar-refractivity contribution in [3.8, 4) is 11.5 Å². The quantitative estimate of drug-likeness (QED) is 0.682. The molecule has 0 atom stereocenters. The van der Waals surface area contributed by atoms with Gasteiger partial charge in [0.05, 0.1) is 10.6 Å². The Bertz CT molecular complexity index is 805. The van der Waals surface area contributed by atoms with E-state index in [9.17, 15) is 10.2 Å². The molecular weight excluding hydrogens is 270 g/mol. The van der Waals surface area contributed by atoms with E-state index >= 15 is 0 Å². The summed E-state index contributed by atoms with van der Waals surface area (Å²) in [5.74, 6) is 0.384. The van der Waals surface area contributed by atoms with E-state index < -0.39 is 0 Å². The Morgan fingerprint density at radius 2 is 1.70 bits per heavy atom. The second kappa shape index (κ2) is 4.98. The zero-order chi connectivity index (χ0) is 14.1. The zero-order valence-corrected chi connectivity index (χ0v) is 11.7. The van der Waals surface area contributed by atoms with Crippen LogP contribution >= 0.6 is 11.3 Å². The second-order valence-electron chi connectivity index (χ2n) is 4.46. The molecule has 2 aromatic carbocycles. The van der Waals surface area contributed by atoms with Crippen LogP contribution in [0.25, 0.3) is 10.1 Å². The highest BCUT2D eigenvalue weighted by atomic mass is 32.1. The standard InChI is InChI=1S/C16H13NO2S/c1-10(17-12-7-3-4-8-13(12)18)16-15(19)11-6-2-5-9-14(11)20-16/h2-9,18-19H,1H3. The van der Waals surface area contributed by atoms with E-state index in [0.29, 0.717) is 11.4 Å². The van der Waals surface area contributed by atoms with Crippen LogP contribution in [0.5, 0.6) is 11.5 Å². The van der Waals surface area contributed by atoms with E-state index in [2.05, 4.69) is 4.99 Å². The summed E-state index contributed by atoms with van der Waals surface area (Å²) in [5, 5.41) is 20.9. The van der Waals surface area contributed by atoms with E-state index in [4.69, 9.17) is 0 Å². The summed E-state index contributed by atoms with van der Waals surface area (Å²) in [6.07, 6.45) is 0. The lowest BCUT2D eigenvalue weighted by molar-refractivity contribution is 0.476. The summed E-state index contributed by atoms with van der Waals surface area (Å²) in [5.41, 5.74) is 1.19. The summed E-state index contributed by atoms with van der Waals surface area (Å²) in [7, 11) is 0. The number of aromatic hydroxyl groups is 2. The molecule has 0 aliphatic rings. The molecule has 0 aliphatic carbocycles. The van der Waals surface area contributed by atoms with Gasteiger partial charge in [-0.2, -0.15) is 0 Å². The van der Waals surface area contributed by atoms with Gasteiger partial charge in [-0.25, -0.2) is 4.99 Å². The first-order valence-electron chi connectivity index (χ1n) is 6.21. The van der Waals surface area contributed by atoms with Gasteiger partial charge in [0.15, 0.2) is 0 Å². The van der Waals surface area contributed by atoms with E-state index in [1.54, 1.807) is 18.2 Å². The molecular formula is C16H13NO2S. The highest BCUT2D eigenvalue weighted by molar-refractivity contribution is 7.21. The zero-order valence-electron chi connectivity index (χ0n) is 10.9. The molecule has 3 rings (SSSR count). The normalized spacial score (nSPS) is 11.9. The fourth-order valence-electron chi connectivity index (χ4n) is 2.07. The Hall–Kier alpha value is -2.33. The van der Waals surface area contributed by atoms with Crippen molar-refractivity contribution in [1.29, 1.82) is 0 Å². The van der Waals surface area contributed by atoms with Crippen LogP contribution in [0.2, 0.25) is 0 Å². The number of nitrogens with zero attached hydrogens (tertiary/aromatic N) is 1. The number of fused-ring (bicyclic) bond motifs is 1. The molecule has 0 aliphatic heterocycles. The van der Waals surface area contributed by atoms with Gasteiger partial charge in [0.2, 0.25) is 0 Å². The molecule has 0 saturated heterocycles. The van der Waals surface area contributed by atoms with Gasteiger partial charge in [0.1, 0.15) is 17.2 Å². The lowest BCUT2D eigenvalue weighted by atomic mass is 10.2. The lowest BCUT2D eigenvalue weighted by Gasteiger charge is -2.01. The summed E-state index contributed by atoms with van der Waals surface area (Å²) in [6, 6.07) is 14.6. The second-order valence-corrected chi connectivity index (χ2v) is 5.51. The van der Waals surface area contributed by atoms with Crippen molar-refractivity contribution >= 4 is 32.8 Å². The van der Waals surface area contributed by atoms with Gasteiger partial charge < -0.3 is 10.2 Å². The van der Waals surface area contributed by atoms with Crippen LogP contribution in [0, 0.1) is 0 Å². The molecule has 100 valence electrons. The molecule has 0 radical (unpaired) electrons. The minimum Gasteiger partial charge on any atom is -0.506 e. The molecule has 0 unspecified atom stereocenters. The van der Waals surface area contributed by atoms with Gasteiger partial charge in [-0.1, -0.05) is 24.3 Å². The van der Waals surface area contributed by atoms with Gasteiger partial charge >= 0.3 is 0 Å². The number of thiophene rings is 1. The first kappa shape index (κ1) is 12.7. The third-order valence-electron chi connectivity index (χ3n) is 3.07. The van der Waals surface area contributed by atoms with Gasteiger partial charge in [0.25, 0.3) is 0 Å². The predicted octanol–water partition coefficient (Wildman–Crippen LogP) is 4.45. The first-order chi connectivity index (χ1) is 9.66. The Morgan fingerprint density at radius 1 is 1.00 bits per heavy atom. The number of hydrogen-bond donors (Lipinski definition) is 2. The highest BCUT2D eigenvalue weighted by Crippen LogP contribution is 2.38. The Balaban J connectivity index is 2.11. The third-order valence-corrected chi connectivity index (χ3v) is 4.34. The fourth-order valence-corrected chi connectivity index (χ4v) is 3.11. The average Bonchev–Trinajstić information content (AvgIpc) is 2.79. The van der Waals surface area contributed by atoms with Crippen LogP contribution in [0.15, 0.2) is 53.5 Å². The monoisotopic (exact) mass is 283 g/mol. The number of phenolic OH excluding ortho intramolecular Hbond substituents is 1. The maximum atomic E-state index is 10.3. The fraction of sp³-hybridized carbons (Fsp3) is 0.0625. The van der Waals surface area contributed by atoms with Crippen molar-refractivity contribution in [2.45, 2.75) is 6.92 Å². The van der Waals surface area contributed by atoms with Crippen LogP contribution in [0.3, 0.4) is 0 Å². The smallest absolute Gasteiger partial charge is 0.143 e. The SMILES string of the molecule is CC(=Nc1ccccc1O)c1sc2ccccc2c1O. The lowest BCUT2D eigenvalue weighted by Crippen LogP contribution is -1.89. The summed E-state index contributed by atoms with van der Waals surface area (Å²) in [6.45, 7) is 1.83.